The molecule has 1 aliphatic carbocycles. The molecule has 1 saturated heterocycles. The molecular formula is C27H26N6O3S. The zero-order chi connectivity index (χ0) is 25.6. The van der Waals surface area contributed by atoms with Crippen molar-refractivity contribution >= 4 is 32.7 Å². The number of anilines is 1. The molecule has 1 amide bonds. The summed E-state index contributed by atoms with van der Waals surface area (Å²) in [5, 5.41) is 1.90. The summed E-state index contributed by atoms with van der Waals surface area (Å²) in [6, 6.07) is 18.7. The van der Waals surface area contributed by atoms with Gasteiger partial charge in [0.05, 0.1) is 10.5 Å². The predicted octanol–water partition coefficient (Wildman–Crippen LogP) is 2.49. The number of nitrogens with zero attached hydrogens (tertiary/aromatic N) is 5. The second kappa shape index (κ2) is 9.20. The Bertz CT molecular complexity index is 1550. The van der Waals surface area contributed by atoms with Gasteiger partial charge in [-0.05, 0) is 46.9 Å². The van der Waals surface area contributed by atoms with E-state index in [1.165, 1.54) is 12.4 Å². The molecule has 2 atom stereocenters. The molecule has 10 heteroatoms. The van der Waals surface area contributed by atoms with Gasteiger partial charge in [0.2, 0.25) is 16.0 Å². The van der Waals surface area contributed by atoms with Crippen LogP contribution in [0.5, 0.6) is 0 Å². The van der Waals surface area contributed by atoms with Crippen LogP contribution >= 0.6 is 0 Å². The molecule has 2 aromatic heterocycles. The highest BCUT2D eigenvalue weighted by Crippen LogP contribution is 2.51. The molecule has 9 nitrogen and oxygen atoms in total. The van der Waals surface area contributed by atoms with E-state index in [-0.39, 0.29) is 23.4 Å². The summed E-state index contributed by atoms with van der Waals surface area (Å²) in [4.78, 5) is 26.6. The van der Waals surface area contributed by atoms with Gasteiger partial charge in [-0.1, -0.05) is 36.4 Å². The molecule has 2 N–H and O–H groups in total. The summed E-state index contributed by atoms with van der Waals surface area (Å²) < 4.78 is 29.6. The zero-order valence-corrected chi connectivity index (χ0v) is 20.8. The average Bonchev–Trinajstić information content (AvgIpc) is 3.38. The molecule has 2 fully saturated rings. The summed E-state index contributed by atoms with van der Waals surface area (Å²) in [5.41, 5.74) is 6.40. The highest BCUT2D eigenvalue weighted by Gasteiger charge is 2.61. The van der Waals surface area contributed by atoms with Gasteiger partial charge in [-0.15, -0.1) is 0 Å². The third-order valence-electron chi connectivity index (χ3n) is 7.33. The van der Waals surface area contributed by atoms with Crippen molar-refractivity contribution in [2.24, 2.45) is 17.6 Å². The number of carbonyl (C=O) groups is 1. The van der Waals surface area contributed by atoms with E-state index in [1.807, 2.05) is 53.4 Å². The number of nitrogens with two attached hydrogens (primary N) is 1. The number of fused-ring (bicyclic) bond motifs is 2. The minimum absolute atomic E-state index is 0.0960. The van der Waals surface area contributed by atoms with Gasteiger partial charge in [-0.25, -0.2) is 18.4 Å². The molecular weight excluding hydrogens is 488 g/mol. The van der Waals surface area contributed by atoms with E-state index >= 15 is 0 Å². The minimum Gasteiger partial charge on any atom is -0.366 e. The van der Waals surface area contributed by atoms with Crippen LogP contribution in [0.4, 0.5) is 5.95 Å². The van der Waals surface area contributed by atoms with Crippen LogP contribution < -0.4 is 10.6 Å². The fourth-order valence-electron chi connectivity index (χ4n) is 5.36. The maximum Gasteiger partial charge on any atom is 0.251 e. The van der Waals surface area contributed by atoms with Crippen molar-refractivity contribution in [3.05, 3.63) is 90.5 Å². The van der Waals surface area contributed by atoms with E-state index in [2.05, 4.69) is 15.0 Å². The number of piperidine rings is 1. The molecule has 6 rings (SSSR count). The summed E-state index contributed by atoms with van der Waals surface area (Å²) in [7, 11) is -3.73. The number of benzene rings is 2. The van der Waals surface area contributed by atoms with E-state index in [0.717, 1.165) is 16.5 Å². The zero-order valence-electron chi connectivity index (χ0n) is 20.0. The third kappa shape index (κ3) is 4.42. The van der Waals surface area contributed by atoms with Gasteiger partial charge in [-0.2, -0.15) is 4.31 Å². The predicted molar refractivity (Wildman–Crippen MR) is 139 cm³/mol. The van der Waals surface area contributed by atoms with Gasteiger partial charge in [0.25, 0.3) is 5.91 Å². The average molecular weight is 515 g/mol. The Morgan fingerprint density at radius 3 is 2.32 bits per heavy atom. The first-order valence-corrected chi connectivity index (χ1v) is 13.6. The number of hydrogen-bond donors (Lipinski definition) is 1. The summed E-state index contributed by atoms with van der Waals surface area (Å²) in [6.45, 7) is 1.66. The molecule has 188 valence electrons. The van der Waals surface area contributed by atoms with Crippen molar-refractivity contribution in [2.75, 3.05) is 24.5 Å². The number of sulfonamides is 1. The Morgan fingerprint density at radius 2 is 1.65 bits per heavy atom. The van der Waals surface area contributed by atoms with Crippen LogP contribution in [0, 0.1) is 11.8 Å². The lowest BCUT2D eigenvalue weighted by Crippen LogP contribution is -2.40. The highest BCUT2D eigenvalue weighted by atomic mass is 32.2. The first-order valence-electron chi connectivity index (χ1n) is 12.2. The largest absolute Gasteiger partial charge is 0.366 e. The van der Waals surface area contributed by atoms with Gasteiger partial charge in [0.1, 0.15) is 0 Å². The maximum atomic E-state index is 14.0. The van der Waals surface area contributed by atoms with Crippen LogP contribution in [-0.4, -0.2) is 59.3 Å². The molecule has 37 heavy (non-hydrogen) atoms. The number of aromatic nitrogens is 3. The van der Waals surface area contributed by atoms with Crippen molar-refractivity contribution in [1.82, 2.24) is 19.3 Å². The van der Waals surface area contributed by atoms with Gasteiger partial charge < -0.3 is 10.6 Å². The quantitative estimate of drug-likeness (QED) is 0.383. The fraction of sp³-hybridized carbons (Fsp3) is 0.259. The van der Waals surface area contributed by atoms with Crippen molar-refractivity contribution in [1.29, 1.82) is 0 Å². The van der Waals surface area contributed by atoms with E-state index < -0.39 is 15.9 Å². The normalized spacial score (nSPS) is 20.8. The number of carbonyl (C=O) groups excluding carboxylic acids is 1. The minimum atomic E-state index is -3.73. The van der Waals surface area contributed by atoms with Crippen LogP contribution in [0.3, 0.4) is 0 Å². The number of primary amides is 1. The lowest BCUT2D eigenvalue weighted by Gasteiger charge is -2.27. The molecule has 2 aromatic carbocycles. The molecule has 0 spiro atoms. The van der Waals surface area contributed by atoms with Crippen molar-refractivity contribution in [3.8, 4) is 0 Å². The fourth-order valence-corrected chi connectivity index (χ4v) is 7.11. The van der Waals surface area contributed by atoms with E-state index in [9.17, 15) is 13.2 Å². The molecule has 2 aliphatic rings. The smallest absolute Gasteiger partial charge is 0.251 e. The number of hydrogen-bond acceptors (Lipinski definition) is 7. The van der Waals surface area contributed by atoms with Gasteiger partial charge in [0, 0.05) is 56.4 Å². The molecule has 1 saturated carbocycles. The SMILES string of the molecule is NC(=O)c1cnc(N2CC3C(C2)C3N(CCc2ccccn2)S(=O)(=O)c2ccc3ccccc3c2)nc1. The first kappa shape index (κ1) is 23.5. The van der Waals surface area contributed by atoms with Gasteiger partial charge in [-0.3, -0.25) is 9.78 Å². The van der Waals surface area contributed by atoms with Gasteiger partial charge >= 0.3 is 0 Å². The van der Waals surface area contributed by atoms with Crippen LogP contribution in [0.15, 0.2) is 84.1 Å². The molecule has 2 unspecified atom stereocenters. The standard InChI is InChI=1S/C27H26N6O3S/c28-26(34)20-14-30-27(31-15-20)32-16-23-24(17-32)25(23)33(12-10-21-7-3-4-11-29-21)37(35,36)22-9-8-18-5-1-2-6-19(18)13-22/h1-9,11,13-15,23-25H,10,12,16-17H2,(H2,28,34). The summed E-state index contributed by atoms with van der Waals surface area (Å²) in [5.74, 6) is 0.309. The van der Waals surface area contributed by atoms with E-state index in [0.29, 0.717) is 36.9 Å². The number of rotatable bonds is 8. The second-order valence-electron chi connectivity index (χ2n) is 9.56. The Labute approximate surface area is 215 Å². The molecule has 4 aromatic rings. The van der Waals surface area contributed by atoms with Crippen LogP contribution in [0.25, 0.3) is 10.8 Å². The number of amides is 1. The topological polar surface area (TPSA) is 122 Å². The second-order valence-corrected chi connectivity index (χ2v) is 11.4. The number of pyridine rings is 1. The van der Waals surface area contributed by atoms with Crippen LogP contribution in [0.2, 0.25) is 0 Å². The van der Waals surface area contributed by atoms with Crippen LogP contribution in [-0.2, 0) is 16.4 Å². The van der Waals surface area contributed by atoms with E-state index in [1.54, 1.807) is 22.6 Å². The van der Waals surface area contributed by atoms with E-state index in [4.69, 9.17) is 5.73 Å². The van der Waals surface area contributed by atoms with Crippen molar-refractivity contribution < 1.29 is 13.2 Å². The monoisotopic (exact) mass is 514 g/mol. The van der Waals surface area contributed by atoms with Crippen LogP contribution in [0.1, 0.15) is 16.1 Å². The Balaban J connectivity index is 1.25. The lowest BCUT2D eigenvalue weighted by molar-refractivity contribution is 0.0999. The van der Waals surface area contributed by atoms with Crippen molar-refractivity contribution in [2.45, 2.75) is 17.4 Å². The van der Waals surface area contributed by atoms with Gasteiger partial charge in [0.15, 0.2) is 0 Å². The molecule has 3 heterocycles. The lowest BCUT2D eigenvalue weighted by atomic mass is 10.1. The summed E-state index contributed by atoms with van der Waals surface area (Å²) in [6.07, 6.45) is 5.11. The molecule has 1 aliphatic heterocycles. The third-order valence-corrected chi connectivity index (χ3v) is 9.22. The van der Waals surface area contributed by atoms with Crippen molar-refractivity contribution in [3.63, 3.8) is 0 Å². The summed E-state index contributed by atoms with van der Waals surface area (Å²) >= 11 is 0. The Hall–Kier alpha value is -3.89. The Morgan fingerprint density at radius 1 is 0.946 bits per heavy atom. The first-order chi connectivity index (χ1) is 17.9. The molecule has 0 bridgehead atoms. The maximum absolute atomic E-state index is 14.0. The molecule has 0 radical (unpaired) electrons. The highest BCUT2D eigenvalue weighted by molar-refractivity contribution is 7.89. The Kier molecular flexibility index (Phi) is 5.85.